The number of para-hydroxylation sites is 1. The smallest absolute Gasteiger partial charge is 0.251 e. The van der Waals surface area contributed by atoms with E-state index < -0.39 is 8.07 Å². The number of hydrogen-bond donors (Lipinski definition) is 2. The number of hydrogen-bond acceptors (Lipinski definition) is 6. The molecule has 3 aromatic heterocycles. The topological polar surface area (TPSA) is 105 Å². The fraction of sp³-hybridized carbons (Fsp3) is 0.366. The minimum atomic E-state index is -1.16. The number of carbonyl (C=O) groups is 1. The minimum Gasteiger partial charge on any atom is -0.360 e. The van der Waals surface area contributed by atoms with E-state index in [1.54, 1.807) is 0 Å². The third kappa shape index (κ3) is 8.47. The van der Waals surface area contributed by atoms with E-state index in [1.807, 2.05) is 53.3 Å². The second-order valence-electron chi connectivity index (χ2n) is 15.3. The van der Waals surface area contributed by atoms with Crippen LogP contribution in [-0.2, 0) is 22.7 Å². The zero-order valence-corrected chi connectivity index (χ0v) is 31.1. The Labute approximate surface area is 300 Å². The molecule has 0 radical (unpaired) electrons. The van der Waals surface area contributed by atoms with Crippen LogP contribution >= 0.6 is 0 Å². The van der Waals surface area contributed by atoms with Crippen LogP contribution in [0.2, 0.25) is 25.7 Å². The van der Waals surface area contributed by atoms with Crippen molar-refractivity contribution in [1.29, 1.82) is 0 Å². The molecular weight excluding hydrogens is 653 g/mol. The summed E-state index contributed by atoms with van der Waals surface area (Å²) in [6, 6.07) is 25.4. The largest absolute Gasteiger partial charge is 0.360 e. The first-order valence-electron chi connectivity index (χ1n) is 18.1. The van der Waals surface area contributed by atoms with Gasteiger partial charge in [-0.1, -0.05) is 68.2 Å². The highest BCUT2D eigenvalue weighted by Gasteiger charge is 2.26. The number of ether oxygens (including phenoxy) is 1. The fourth-order valence-electron chi connectivity index (χ4n) is 7.23. The number of carbonyl (C=O) groups excluding carboxylic acids is 1. The Morgan fingerprint density at radius 2 is 1.73 bits per heavy atom. The molecular formula is C41H48N6O3Si. The van der Waals surface area contributed by atoms with Gasteiger partial charge in [0.05, 0.1) is 23.8 Å². The van der Waals surface area contributed by atoms with Crippen molar-refractivity contribution in [3.05, 3.63) is 118 Å². The second-order valence-corrected chi connectivity index (χ2v) is 21.0. The summed E-state index contributed by atoms with van der Waals surface area (Å²) in [5, 5.41) is 12.4. The predicted molar refractivity (Wildman–Crippen MR) is 208 cm³/mol. The van der Waals surface area contributed by atoms with Crippen LogP contribution in [0.3, 0.4) is 0 Å². The molecule has 1 amide bonds. The van der Waals surface area contributed by atoms with E-state index in [0.29, 0.717) is 19.7 Å². The molecule has 0 spiro atoms. The number of rotatable bonds is 12. The quantitative estimate of drug-likeness (QED) is 0.102. The molecule has 7 rings (SSSR count). The maximum atomic E-state index is 13.7. The van der Waals surface area contributed by atoms with E-state index in [1.165, 1.54) is 0 Å². The molecule has 1 saturated heterocycles. The number of H-pyrrole nitrogens is 1. The summed E-state index contributed by atoms with van der Waals surface area (Å²) in [6.07, 6.45) is 6.21. The lowest BCUT2D eigenvalue weighted by Gasteiger charge is -2.32. The summed E-state index contributed by atoms with van der Waals surface area (Å²) in [6.45, 7) is 12.1. The Morgan fingerprint density at radius 3 is 2.51 bits per heavy atom. The van der Waals surface area contributed by atoms with Crippen molar-refractivity contribution in [2.24, 2.45) is 0 Å². The number of nitrogens with zero attached hydrogens (tertiary/aromatic N) is 4. The van der Waals surface area contributed by atoms with E-state index in [0.717, 1.165) is 93.5 Å². The Hall–Kier alpha value is -4.64. The van der Waals surface area contributed by atoms with Crippen LogP contribution in [0, 0.1) is 6.92 Å². The summed E-state index contributed by atoms with van der Waals surface area (Å²) in [5.74, 6) is 0.143. The Morgan fingerprint density at radius 1 is 0.980 bits per heavy atom. The molecule has 6 aromatic rings. The molecule has 4 heterocycles. The van der Waals surface area contributed by atoms with Crippen LogP contribution in [0.15, 0.2) is 90.0 Å². The Balaban J connectivity index is 1.05. The van der Waals surface area contributed by atoms with Crippen LogP contribution in [-0.4, -0.2) is 64.9 Å². The minimum absolute atomic E-state index is 0.0119. The van der Waals surface area contributed by atoms with Gasteiger partial charge in [-0.2, -0.15) is 5.10 Å². The number of piperidine rings is 1. The van der Waals surface area contributed by atoms with Crippen LogP contribution < -0.4 is 10.9 Å². The van der Waals surface area contributed by atoms with Crippen LogP contribution in [0.25, 0.3) is 32.6 Å². The number of aryl methyl sites for hydroxylation is 1. The molecule has 10 heteroatoms. The van der Waals surface area contributed by atoms with Crippen molar-refractivity contribution in [2.75, 3.05) is 26.2 Å². The maximum Gasteiger partial charge on any atom is 0.251 e. The molecule has 3 aromatic carbocycles. The molecule has 1 atom stereocenters. The normalized spacial score (nSPS) is 15.1. The van der Waals surface area contributed by atoms with Gasteiger partial charge in [0.25, 0.3) is 5.56 Å². The third-order valence-electron chi connectivity index (χ3n) is 10.1. The second kappa shape index (κ2) is 14.9. The summed E-state index contributed by atoms with van der Waals surface area (Å²) >= 11 is 0. The molecule has 0 saturated carbocycles. The summed E-state index contributed by atoms with van der Waals surface area (Å²) in [4.78, 5) is 36.7. The van der Waals surface area contributed by atoms with Crippen molar-refractivity contribution >= 4 is 46.6 Å². The van der Waals surface area contributed by atoms with Crippen LogP contribution in [0.1, 0.15) is 47.2 Å². The van der Waals surface area contributed by atoms with Gasteiger partial charge >= 0.3 is 0 Å². The number of amides is 1. The van der Waals surface area contributed by atoms with E-state index >= 15 is 0 Å². The van der Waals surface area contributed by atoms with E-state index in [9.17, 15) is 9.59 Å². The number of benzene rings is 3. The molecule has 0 aliphatic carbocycles. The standard InChI is InChI=1S/C41H48N6O3Si/c1-28-19-29(20-34-25-47(45-40(28)34)27-50-17-18-51(2,3)4)21-38(37-23-31-9-5-6-11-33(31)24-42-37)43-39(48)26-46-15-13-30(14-16-46)35-22-32-10-7-8-12-36(32)44-41(35)49/h5-12,19-20,22-25,30,38H,13-18,21,26-27H2,1-4H3,(H,43,48)(H,44,49). The third-order valence-corrected chi connectivity index (χ3v) is 11.8. The number of pyridine rings is 2. The average molecular weight is 701 g/mol. The molecule has 1 aliphatic heterocycles. The molecule has 2 N–H and O–H groups in total. The number of aromatic nitrogens is 4. The summed E-state index contributed by atoms with van der Waals surface area (Å²) in [7, 11) is -1.16. The first kappa shape index (κ1) is 34.8. The molecule has 1 unspecified atom stereocenters. The van der Waals surface area contributed by atoms with E-state index in [4.69, 9.17) is 14.8 Å². The number of aromatic amines is 1. The SMILES string of the molecule is Cc1cc(CC(NC(=O)CN2CCC(c3cc4ccccc4[nH]c3=O)CC2)c2cc3ccccc3cn2)cc2cn(COCC[Si](C)(C)C)nc12. The van der Waals surface area contributed by atoms with E-state index in [-0.39, 0.29) is 23.4 Å². The molecule has 1 fully saturated rings. The van der Waals surface area contributed by atoms with Gasteiger partial charge in [-0.05, 0) is 97.4 Å². The molecule has 9 nitrogen and oxygen atoms in total. The zero-order valence-electron chi connectivity index (χ0n) is 30.1. The molecule has 1 aliphatic rings. The van der Waals surface area contributed by atoms with Crippen molar-refractivity contribution in [1.82, 2.24) is 30.0 Å². The number of fused-ring (bicyclic) bond motifs is 3. The lowest BCUT2D eigenvalue weighted by atomic mass is 9.89. The van der Waals surface area contributed by atoms with Crippen molar-refractivity contribution in [3.63, 3.8) is 0 Å². The monoisotopic (exact) mass is 700 g/mol. The molecule has 264 valence electrons. The van der Waals surface area contributed by atoms with Gasteiger partial charge < -0.3 is 15.0 Å². The first-order chi connectivity index (χ1) is 24.6. The van der Waals surface area contributed by atoms with E-state index in [2.05, 4.69) is 78.3 Å². The van der Waals surface area contributed by atoms with Crippen molar-refractivity contribution in [3.8, 4) is 0 Å². The fourth-order valence-corrected chi connectivity index (χ4v) is 7.98. The van der Waals surface area contributed by atoms with Crippen molar-refractivity contribution in [2.45, 2.75) is 70.6 Å². The van der Waals surface area contributed by atoms with Crippen molar-refractivity contribution < 1.29 is 9.53 Å². The van der Waals surface area contributed by atoms with Gasteiger partial charge in [0.1, 0.15) is 6.73 Å². The highest BCUT2D eigenvalue weighted by atomic mass is 28.3. The lowest BCUT2D eigenvalue weighted by molar-refractivity contribution is -0.123. The predicted octanol–water partition coefficient (Wildman–Crippen LogP) is 7.33. The van der Waals surface area contributed by atoms with Crippen LogP contribution in [0.4, 0.5) is 0 Å². The lowest BCUT2D eigenvalue weighted by Crippen LogP contribution is -2.43. The summed E-state index contributed by atoms with van der Waals surface area (Å²) < 4.78 is 7.85. The number of nitrogens with one attached hydrogen (secondary N) is 2. The highest BCUT2D eigenvalue weighted by Crippen LogP contribution is 2.28. The van der Waals surface area contributed by atoms with Crippen LogP contribution in [0.5, 0.6) is 0 Å². The van der Waals surface area contributed by atoms with Gasteiger partial charge in [-0.25, -0.2) is 4.68 Å². The summed E-state index contributed by atoms with van der Waals surface area (Å²) in [5.41, 5.74) is 5.69. The van der Waals surface area contributed by atoms with Gasteiger partial charge in [-0.3, -0.25) is 19.5 Å². The molecule has 51 heavy (non-hydrogen) atoms. The van der Waals surface area contributed by atoms with Gasteiger partial charge in [0, 0.05) is 48.9 Å². The Bertz CT molecular complexity index is 2230. The first-order valence-corrected chi connectivity index (χ1v) is 21.8. The number of likely N-dealkylation sites (tertiary alicyclic amines) is 1. The average Bonchev–Trinajstić information content (AvgIpc) is 3.53. The van der Waals surface area contributed by atoms with Gasteiger partial charge in [0.2, 0.25) is 5.91 Å². The van der Waals surface area contributed by atoms with Gasteiger partial charge in [-0.15, -0.1) is 0 Å². The molecule has 0 bridgehead atoms. The highest BCUT2D eigenvalue weighted by molar-refractivity contribution is 6.76. The Kier molecular flexibility index (Phi) is 10.2. The zero-order chi connectivity index (χ0) is 35.5. The maximum absolute atomic E-state index is 13.7. The van der Waals surface area contributed by atoms with Gasteiger partial charge in [0.15, 0.2) is 0 Å².